The summed E-state index contributed by atoms with van der Waals surface area (Å²) in [5.74, 6) is 0. The lowest BCUT2D eigenvalue weighted by atomic mass is 10.2. The minimum Gasteiger partial charge on any atom is -0.298 e. The average molecular weight is 223 g/mol. The van der Waals surface area contributed by atoms with E-state index in [0.717, 1.165) is 11.3 Å². The quantitative estimate of drug-likeness (QED) is 0.669. The van der Waals surface area contributed by atoms with E-state index in [1.165, 1.54) is 0 Å². The molecule has 0 spiro atoms. The van der Waals surface area contributed by atoms with Gasteiger partial charge in [-0.25, -0.2) is 0 Å². The van der Waals surface area contributed by atoms with Crippen molar-refractivity contribution >= 4 is 33.6 Å². The van der Waals surface area contributed by atoms with E-state index < -0.39 is 0 Å². The predicted octanol–water partition coefficient (Wildman–Crippen LogP) is 2.77. The highest BCUT2D eigenvalue weighted by Crippen LogP contribution is 2.29. The summed E-state index contributed by atoms with van der Waals surface area (Å²) in [6.45, 7) is 1.58. The molecule has 0 saturated heterocycles. The average Bonchev–Trinajstić information content (AvgIpc) is 2.09. The van der Waals surface area contributed by atoms with Crippen molar-refractivity contribution in [3.8, 4) is 0 Å². The number of hydrogen-bond donors (Lipinski definition) is 0. The molecule has 0 aliphatic heterocycles. The number of thiophene rings is 1. The number of halogens is 2. The van der Waals surface area contributed by atoms with Crippen LogP contribution >= 0.6 is 27.3 Å². The second-order valence-corrected chi connectivity index (χ2v) is 4.09. The largest absolute Gasteiger partial charge is 0.298 e. The molecule has 0 aliphatic carbocycles. The summed E-state index contributed by atoms with van der Waals surface area (Å²) < 4.78 is 13.2. The summed E-state index contributed by atoms with van der Waals surface area (Å²) in [5, 5.41) is -0.297. The minimum atomic E-state index is -0.297. The van der Waals surface area contributed by atoms with Gasteiger partial charge in [-0.2, -0.15) is 4.39 Å². The summed E-state index contributed by atoms with van der Waals surface area (Å²) >= 11 is 4.01. The van der Waals surface area contributed by atoms with Crippen LogP contribution in [0, 0.1) is 12.1 Å². The van der Waals surface area contributed by atoms with Crippen LogP contribution in [0.2, 0.25) is 0 Å². The zero-order chi connectivity index (χ0) is 7.72. The van der Waals surface area contributed by atoms with Crippen LogP contribution in [-0.2, 0) is 0 Å². The third-order valence-corrected chi connectivity index (χ3v) is 3.00. The smallest absolute Gasteiger partial charge is 0.181 e. The molecule has 0 aromatic carbocycles. The van der Waals surface area contributed by atoms with Crippen LogP contribution in [0.4, 0.5) is 4.39 Å². The maximum Gasteiger partial charge on any atom is 0.181 e. The second-order valence-electron chi connectivity index (χ2n) is 1.81. The third-order valence-electron chi connectivity index (χ3n) is 1.21. The first-order valence-electron chi connectivity index (χ1n) is 2.56. The fraction of sp³-hybridized carbons (Fsp3) is 0.167. The normalized spacial score (nSPS) is 9.90. The Morgan fingerprint density at radius 2 is 2.30 bits per heavy atom. The van der Waals surface area contributed by atoms with Crippen molar-refractivity contribution in [2.45, 2.75) is 6.92 Å². The van der Waals surface area contributed by atoms with Gasteiger partial charge in [0.1, 0.15) is 0 Å². The molecule has 0 unspecified atom stereocenters. The van der Waals surface area contributed by atoms with Gasteiger partial charge in [0.2, 0.25) is 0 Å². The molecule has 0 fully saturated rings. The van der Waals surface area contributed by atoms with Crippen molar-refractivity contribution in [2.24, 2.45) is 0 Å². The SMILES string of the molecule is Cc1c(F)sc(Br)c1C=O. The minimum absolute atomic E-state index is 0.297. The highest BCUT2D eigenvalue weighted by atomic mass is 79.9. The lowest BCUT2D eigenvalue weighted by Gasteiger charge is -1.84. The predicted molar refractivity (Wildman–Crippen MR) is 42.1 cm³/mol. The molecular weight excluding hydrogens is 219 g/mol. The van der Waals surface area contributed by atoms with Crippen LogP contribution in [0.3, 0.4) is 0 Å². The monoisotopic (exact) mass is 222 g/mol. The molecule has 1 nitrogen and oxygen atoms in total. The molecule has 0 saturated carbocycles. The topological polar surface area (TPSA) is 17.1 Å². The van der Waals surface area contributed by atoms with Crippen molar-refractivity contribution < 1.29 is 9.18 Å². The first-order chi connectivity index (χ1) is 4.66. The van der Waals surface area contributed by atoms with Crippen molar-refractivity contribution in [3.05, 3.63) is 20.0 Å². The van der Waals surface area contributed by atoms with Gasteiger partial charge in [0, 0.05) is 11.1 Å². The zero-order valence-corrected chi connectivity index (χ0v) is 7.55. The molecule has 54 valence electrons. The molecule has 0 radical (unpaired) electrons. The van der Waals surface area contributed by atoms with Gasteiger partial charge < -0.3 is 0 Å². The summed E-state index contributed by atoms with van der Waals surface area (Å²) in [6, 6.07) is 0. The standard InChI is InChI=1S/C6H4BrFOS/c1-3-4(2-9)5(7)10-6(3)8/h2H,1H3. The van der Waals surface area contributed by atoms with E-state index in [0.29, 0.717) is 21.2 Å². The van der Waals surface area contributed by atoms with Crippen LogP contribution < -0.4 is 0 Å². The molecule has 0 amide bonds. The van der Waals surface area contributed by atoms with Crippen molar-refractivity contribution in [1.29, 1.82) is 0 Å². The highest BCUT2D eigenvalue weighted by molar-refractivity contribution is 9.11. The van der Waals surface area contributed by atoms with Crippen molar-refractivity contribution in [3.63, 3.8) is 0 Å². The Bertz CT molecular complexity index is 269. The van der Waals surface area contributed by atoms with Crippen LogP contribution in [0.5, 0.6) is 0 Å². The Morgan fingerprint density at radius 1 is 1.70 bits per heavy atom. The molecule has 4 heteroatoms. The van der Waals surface area contributed by atoms with E-state index >= 15 is 0 Å². The van der Waals surface area contributed by atoms with Gasteiger partial charge in [-0.3, -0.25) is 4.79 Å². The Hall–Kier alpha value is -0.220. The van der Waals surface area contributed by atoms with E-state index in [1.807, 2.05) is 0 Å². The van der Waals surface area contributed by atoms with E-state index in [-0.39, 0.29) is 5.13 Å². The molecular formula is C6H4BrFOS. The van der Waals surface area contributed by atoms with Crippen molar-refractivity contribution in [2.75, 3.05) is 0 Å². The van der Waals surface area contributed by atoms with Crippen molar-refractivity contribution in [1.82, 2.24) is 0 Å². The molecule has 0 atom stereocenters. The van der Waals surface area contributed by atoms with Gasteiger partial charge in [-0.15, -0.1) is 0 Å². The number of aldehydes is 1. The first kappa shape index (κ1) is 7.88. The maximum atomic E-state index is 12.6. The van der Waals surface area contributed by atoms with E-state index in [9.17, 15) is 9.18 Å². The van der Waals surface area contributed by atoms with Gasteiger partial charge in [-0.1, -0.05) is 11.3 Å². The van der Waals surface area contributed by atoms with Crippen LogP contribution in [0.25, 0.3) is 0 Å². The third kappa shape index (κ3) is 1.13. The second kappa shape index (κ2) is 2.80. The van der Waals surface area contributed by atoms with Crippen LogP contribution in [-0.4, -0.2) is 6.29 Å². The van der Waals surface area contributed by atoms with Crippen LogP contribution in [0.1, 0.15) is 15.9 Å². The number of carbonyl (C=O) groups is 1. The lowest BCUT2D eigenvalue weighted by molar-refractivity contribution is 0.112. The van der Waals surface area contributed by atoms with Gasteiger partial charge >= 0.3 is 0 Å². The lowest BCUT2D eigenvalue weighted by Crippen LogP contribution is -1.80. The Morgan fingerprint density at radius 3 is 2.50 bits per heavy atom. The number of carbonyl (C=O) groups excluding carboxylic acids is 1. The Balaban J connectivity index is 3.33. The van der Waals surface area contributed by atoms with Crippen LogP contribution in [0.15, 0.2) is 3.79 Å². The molecule has 1 aromatic rings. The van der Waals surface area contributed by atoms with Gasteiger partial charge in [-0.05, 0) is 22.9 Å². The molecule has 0 aliphatic rings. The molecule has 1 rings (SSSR count). The number of hydrogen-bond acceptors (Lipinski definition) is 2. The first-order valence-corrected chi connectivity index (χ1v) is 4.17. The van der Waals surface area contributed by atoms with Gasteiger partial charge in [0.25, 0.3) is 0 Å². The fourth-order valence-electron chi connectivity index (χ4n) is 0.598. The zero-order valence-electron chi connectivity index (χ0n) is 5.15. The number of rotatable bonds is 1. The van der Waals surface area contributed by atoms with E-state index in [2.05, 4.69) is 15.9 Å². The fourth-order valence-corrected chi connectivity index (χ4v) is 2.15. The summed E-state index contributed by atoms with van der Waals surface area (Å²) in [6.07, 6.45) is 0.652. The van der Waals surface area contributed by atoms with Gasteiger partial charge in [0.15, 0.2) is 11.4 Å². The summed E-state index contributed by atoms with van der Waals surface area (Å²) in [7, 11) is 0. The van der Waals surface area contributed by atoms with Gasteiger partial charge in [0.05, 0.1) is 3.79 Å². The molecule has 1 aromatic heterocycles. The summed E-state index contributed by atoms with van der Waals surface area (Å²) in [4.78, 5) is 10.3. The Labute approximate surface area is 70.0 Å². The molecule has 0 bridgehead atoms. The highest BCUT2D eigenvalue weighted by Gasteiger charge is 2.11. The van der Waals surface area contributed by atoms with E-state index in [1.54, 1.807) is 6.92 Å². The van der Waals surface area contributed by atoms with E-state index in [4.69, 9.17) is 0 Å². The summed E-state index contributed by atoms with van der Waals surface area (Å²) in [5.41, 5.74) is 0.842. The Kier molecular flexibility index (Phi) is 2.21. The molecule has 1 heterocycles. The maximum absolute atomic E-state index is 12.6. The molecule has 0 N–H and O–H groups in total. The molecule has 10 heavy (non-hydrogen) atoms.